The van der Waals surface area contributed by atoms with Crippen LogP contribution in [-0.2, 0) is 4.79 Å². The van der Waals surface area contributed by atoms with Gasteiger partial charge in [0.1, 0.15) is 0 Å². The van der Waals surface area contributed by atoms with Crippen molar-refractivity contribution in [2.24, 2.45) is 5.92 Å². The number of carbonyl (C=O) groups is 1. The first-order valence-electron chi connectivity index (χ1n) is 5.67. The molecule has 0 bridgehead atoms. The Morgan fingerprint density at radius 3 is 2.80 bits per heavy atom. The molecular formula is C11H24N2OS. The van der Waals surface area contributed by atoms with Gasteiger partial charge in [-0.05, 0) is 30.9 Å². The fourth-order valence-corrected chi connectivity index (χ4v) is 1.93. The molecule has 1 amide bonds. The van der Waals surface area contributed by atoms with Gasteiger partial charge in [-0.3, -0.25) is 4.79 Å². The van der Waals surface area contributed by atoms with Crippen LogP contribution in [0.1, 0.15) is 26.7 Å². The van der Waals surface area contributed by atoms with Crippen LogP contribution in [0.2, 0.25) is 0 Å². The zero-order valence-electron chi connectivity index (χ0n) is 10.1. The lowest BCUT2D eigenvalue weighted by Gasteiger charge is -2.11. The Bertz CT molecular complexity index is 165. The summed E-state index contributed by atoms with van der Waals surface area (Å²) < 4.78 is 0. The van der Waals surface area contributed by atoms with Crippen molar-refractivity contribution in [3.05, 3.63) is 0 Å². The van der Waals surface area contributed by atoms with Crippen LogP contribution in [0, 0.1) is 5.92 Å². The van der Waals surface area contributed by atoms with Crippen LogP contribution in [-0.4, -0.2) is 37.6 Å². The summed E-state index contributed by atoms with van der Waals surface area (Å²) in [5.74, 6) is 1.88. The largest absolute Gasteiger partial charge is 0.355 e. The summed E-state index contributed by atoms with van der Waals surface area (Å²) in [6.45, 7) is 6.48. The van der Waals surface area contributed by atoms with E-state index in [-0.39, 0.29) is 5.91 Å². The van der Waals surface area contributed by atoms with Crippen LogP contribution in [0.15, 0.2) is 0 Å². The monoisotopic (exact) mass is 232 g/mol. The molecule has 0 aliphatic heterocycles. The van der Waals surface area contributed by atoms with Crippen molar-refractivity contribution >= 4 is 17.7 Å². The first kappa shape index (κ1) is 14.8. The summed E-state index contributed by atoms with van der Waals surface area (Å²) in [4.78, 5) is 11.3. The third kappa shape index (κ3) is 10.1. The SMILES string of the molecule is CCCCNC(=O)CNCC(C)CSC. The molecule has 0 saturated heterocycles. The molecule has 2 N–H and O–H groups in total. The van der Waals surface area contributed by atoms with E-state index < -0.39 is 0 Å². The summed E-state index contributed by atoms with van der Waals surface area (Å²) in [6, 6.07) is 0. The number of hydrogen-bond acceptors (Lipinski definition) is 3. The third-order valence-electron chi connectivity index (χ3n) is 2.08. The molecule has 0 saturated carbocycles. The molecule has 0 aliphatic carbocycles. The molecule has 1 atom stereocenters. The summed E-state index contributed by atoms with van der Waals surface area (Å²) in [6.07, 6.45) is 4.29. The van der Waals surface area contributed by atoms with Crippen LogP contribution in [0.25, 0.3) is 0 Å². The molecule has 0 aromatic heterocycles. The predicted molar refractivity (Wildman–Crippen MR) is 68.3 cm³/mol. The van der Waals surface area contributed by atoms with Gasteiger partial charge in [0, 0.05) is 6.54 Å². The zero-order valence-corrected chi connectivity index (χ0v) is 11.0. The number of rotatable bonds is 9. The second kappa shape index (κ2) is 10.3. The van der Waals surface area contributed by atoms with Crippen LogP contribution in [0.3, 0.4) is 0 Å². The Balaban J connectivity index is 3.30. The molecule has 0 aromatic carbocycles. The van der Waals surface area contributed by atoms with E-state index in [2.05, 4.69) is 30.7 Å². The molecule has 0 aromatic rings. The van der Waals surface area contributed by atoms with Gasteiger partial charge >= 0.3 is 0 Å². The molecule has 0 spiro atoms. The standard InChI is InChI=1S/C11H24N2OS/c1-4-5-6-13-11(14)8-12-7-10(2)9-15-3/h10,12H,4-9H2,1-3H3,(H,13,14). The van der Waals surface area contributed by atoms with Gasteiger partial charge in [-0.2, -0.15) is 11.8 Å². The number of nitrogens with one attached hydrogen (secondary N) is 2. The van der Waals surface area contributed by atoms with E-state index >= 15 is 0 Å². The topological polar surface area (TPSA) is 41.1 Å². The Morgan fingerprint density at radius 2 is 2.20 bits per heavy atom. The summed E-state index contributed by atoms with van der Waals surface area (Å²) >= 11 is 1.84. The second-order valence-electron chi connectivity index (χ2n) is 3.89. The van der Waals surface area contributed by atoms with Gasteiger partial charge in [-0.25, -0.2) is 0 Å². The van der Waals surface area contributed by atoms with Gasteiger partial charge in [0.15, 0.2) is 0 Å². The fraction of sp³-hybridized carbons (Fsp3) is 0.909. The molecule has 0 aliphatic rings. The summed E-state index contributed by atoms with van der Waals surface area (Å²) in [5, 5.41) is 6.05. The Morgan fingerprint density at radius 1 is 1.47 bits per heavy atom. The molecule has 0 heterocycles. The lowest BCUT2D eigenvalue weighted by atomic mass is 10.2. The second-order valence-corrected chi connectivity index (χ2v) is 4.81. The molecule has 90 valence electrons. The molecule has 0 radical (unpaired) electrons. The van der Waals surface area contributed by atoms with Gasteiger partial charge in [0.25, 0.3) is 0 Å². The van der Waals surface area contributed by atoms with Crippen molar-refractivity contribution < 1.29 is 4.79 Å². The van der Waals surface area contributed by atoms with Crippen LogP contribution in [0.4, 0.5) is 0 Å². The maximum Gasteiger partial charge on any atom is 0.233 e. The predicted octanol–water partition coefficient (Wildman–Crippen LogP) is 1.49. The Hall–Kier alpha value is -0.220. The van der Waals surface area contributed by atoms with Crippen LogP contribution >= 0.6 is 11.8 Å². The van der Waals surface area contributed by atoms with Crippen molar-refractivity contribution in [3.8, 4) is 0 Å². The molecule has 3 nitrogen and oxygen atoms in total. The third-order valence-corrected chi connectivity index (χ3v) is 2.98. The molecule has 4 heteroatoms. The highest BCUT2D eigenvalue weighted by Gasteiger charge is 2.02. The normalized spacial score (nSPS) is 12.5. The molecule has 15 heavy (non-hydrogen) atoms. The van der Waals surface area contributed by atoms with E-state index in [4.69, 9.17) is 0 Å². The van der Waals surface area contributed by atoms with Gasteiger partial charge in [-0.1, -0.05) is 20.3 Å². The maximum atomic E-state index is 11.3. The fourth-order valence-electron chi connectivity index (χ4n) is 1.24. The van der Waals surface area contributed by atoms with E-state index in [1.54, 1.807) is 0 Å². The van der Waals surface area contributed by atoms with Crippen LogP contribution < -0.4 is 10.6 Å². The average molecular weight is 232 g/mol. The van der Waals surface area contributed by atoms with Crippen molar-refractivity contribution in [1.82, 2.24) is 10.6 Å². The number of unbranched alkanes of at least 4 members (excludes halogenated alkanes) is 1. The Kier molecular flexibility index (Phi) is 10.2. The van der Waals surface area contributed by atoms with Gasteiger partial charge in [-0.15, -0.1) is 0 Å². The van der Waals surface area contributed by atoms with E-state index in [0.717, 1.165) is 31.7 Å². The quantitative estimate of drug-likeness (QED) is 0.592. The minimum atomic E-state index is 0.111. The van der Waals surface area contributed by atoms with E-state index in [9.17, 15) is 4.79 Å². The first-order valence-corrected chi connectivity index (χ1v) is 7.06. The lowest BCUT2D eigenvalue weighted by Crippen LogP contribution is -2.36. The first-order chi connectivity index (χ1) is 7.20. The van der Waals surface area contributed by atoms with Gasteiger partial charge in [0.05, 0.1) is 6.54 Å². The Labute approximate surface area is 97.8 Å². The van der Waals surface area contributed by atoms with Crippen molar-refractivity contribution in [3.63, 3.8) is 0 Å². The highest BCUT2D eigenvalue weighted by atomic mass is 32.2. The van der Waals surface area contributed by atoms with E-state index in [1.165, 1.54) is 0 Å². The molecule has 0 fully saturated rings. The number of hydrogen-bond donors (Lipinski definition) is 2. The molecule has 0 rings (SSSR count). The van der Waals surface area contributed by atoms with Crippen LogP contribution in [0.5, 0.6) is 0 Å². The van der Waals surface area contributed by atoms with E-state index in [1.807, 2.05) is 11.8 Å². The molecule has 1 unspecified atom stereocenters. The zero-order chi connectivity index (χ0) is 11.5. The van der Waals surface area contributed by atoms with Gasteiger partial charge < -0.3 is 10.6 Å². The highest BCUT2D eigenvalue weighted by Crippen LogP contribution is 2.01. The average Bonchev–Trinajstić information content (AvgIpc) is 2.18. The summed E-state index contributed by atoms with van der Waals surface area (Å²) in [5.41, 5.74) is 0. The molecular weight excluding hydrogens is 208 g/mol. The summed E-state index contributed by atoms with van der Waals surface area (Å²) in [7, 11) is 0. The number of amides is 1. The van der Waals surface area contributed by atoms with E-state index in [0.29, 0.717) is 12.5 Å². The minimum Gasteiger partial charge on any atom is -0.355 e. The highest BCUT2D eigenvalue weighted by molar-refractivity contribution is 7.98. The van der Waals surface area contributed by atoms with Crippen molar-refractivity contribution in [2.45, 2.75) is 26.7 Å². The van der Waals surface area contributed by atoms with Crippen molar-refractivity contribution in [1.29, 1.82) is 0 Å². The maximum absolute atomic E-state index is 11.3. The minimum absolute atomic E-state index is 0.111. The number of thioether (sulfide) groups is 1. The van der Waals surface area contributed by atoms with Gasteiger partial charge in [0.2, 0.25) is 5.91 Å². The van der Waals surface area contributed by atoms with Crippen molar-refractivity contribution in [2.75, 3.05) is 31.6 Å². The lowest BCUT2D eigenvalue weighted by molar-refractivity contribution is -0.120. The smallest absolute Gasteiger partial charge is 0.233 e. The number of carbonyl (C=O) groups excluding carboxylic acids is 1.